The third-order valence-electron chi connectivity index (χ3n) is 6.56. The number of piperazine rings is 1. The van der Waals surface area contributed by atoms with Crippen molar-refractivity contribution < 1.29 is 17.6 Å². The minimum Gasteiger partial charge on any atom is -0.314 e. The number of alkyl halides is 3. The van der Waals surface area contributed by atoms with Gasteiger partial charge < -0.3 is 10.6 Å². The summed E-state index contributed by atoms with van der Waals surface area (Å²) < 4.78 is 52.9. The second-order valence-corrected chi connectivity index (χ2v) is 8.41. The van der Waals surface area contributed by atoms with Crippen LogP contribution in [0.4, 0.5) is 17.6 Å². The average molecular weight is 421 g/mol. The predicted octanol–water partition coefficient (Wildman–Crippen LogP) is 3.77. The van der Waals surface area contributed by atoms with Crippen LogP contribution in [0, 0.1) is 5.82 Å². The number of hydrogen-bond acceptors (Lipinski definition) is 3. The van der Waals surface area contributed by atoms with Crippen LogP contribution in [0.2, 0.25) is 0 Å². The van der Waals surface area contributed by atoms with E-state index in [1.54, 1.807) is 0 Å². The highest BCUT2D eigenvalue weighted by Gasteiger charge is 2.46. The molecule has 30 heavy (non-hydrogen) atoms. The van der Waals surface area contributed by atoms with Gasteiger partial charge in [0, 0.05) is 44.3 Å². The zero-order valence-electron chi connectivity index (χ0n) is 17.0. The SMILES string of the molecule is CC(NCc1cc(F)cc(C(F)(F)F)c1)C1(N2CCNCC2)Cc2ccccc2C1. The molecule has 4 rings (SSSR count). The lowest BCUT2D eigenvalue weighted by molar-refractivity contribution is -0.137. The summed E-state index contributed by atoms with van der Waals surface area (Å²) in [5.74, 6) is -0.862. The Morgan fingerprint density at radius 3 is 2.30 bits per heavy atom. The van der Waals surface area contributed by atoms with Gasteiger partial charge in [-0.1, -0.05) is 24.3 Å². The molecule has 1 fully saturated rings. The van der Waals surface area contributed by atoms with Gasteiger partial charge in [-0.15, -0.1) is 0 Å². The molecule has 0 spiro atoms. The topological polar surface area (TPSA) is 27.3 Å². The summed E-state index contributed by atoms with van der Waals surface area (Å²) in [6, 6.07) is 11.2. The first-order valence-electron chi connectivity index (χ1n) is 10.4. The number of fused-ring (bicyclic) bond motifs is 1. The molecule has 0 radical (unpaired) electrons. The Morgan fingerprint density at radius 2 is 1.70 bits per heavy atom. The molecular formula is C23H27F4N3. The third kappa shape index (κ3) is 4.24. The molecule has 1 atom stereocenters. The van der Waals surface area contributed by atoms with Gasteiger partial charge in [0.25, 0.3) is 0 Å². The van der Waals surface area contributed by atoms with Gasteiger partial charge in [-0.2, -0.15) is 13.2 Å². The maximum Gasteiger partial charge on any atom is 0.416 e. The Morgan fingerprint density at radius 1 is 1.07 bits per heavy atom. The molecule has 2 aliphatic rings. The van der Waals surface area contributed by atoms with Gasteiger partial charge >= 0.3 is 6.18 Å². The van der Waals surface area contributed by atoms with Gasteiger partial charge in [0.1, 0.15) is 5.82 Å². The van der Waals surface area contributed by atoms with E-state index in [2.05, 4.69) is 46.7 Å². The average Bonchev–Trinajstić information content (AvgIpc) is 3.12. The lowest BCUT2D eigenvalue weighted by Gasteiger charge is -2.48. The molecule has 2 N–H and O–H groups in total. The molecule has 2 aromatic rings. The first kappa shape index (κ1) is 21.3. The first-order valence-corrected chi connectivity index (χ1v) is 10.4. The largest absolute Gasteiger partial charge is 0.416 e. The van der Waals surface area contributed by atoms with Crippen molar-refractivity contribution in [2.75, 3.05) is 26.2 Å². The van der Waals surface area contributed by atoms with Crippen LogP contribution in [0.25, 0.3) is 0 Å². The fraction of sp³-hybridized carbons (Fsp3) is 0.478. The Bertz CT molecular complexity index is 865. The number of halogens is 4. The molecule has 1 unspecified atom stereocenters. The molecule has 1 aliphatic carbocycles. The summed E-state index contributed by atoms with van der Waals surface area (Å²) in [7, 11) is 0. The van der Waals surface area contributed by atoms with E-state index in [1.807, 2.05) is 0 Å². The standard InChI is InChI=1S/C23H27F4N3/c1-16(29-15-17-10-20(23(25,26)27)12-21(24)11-17)22(30-8-6-28-7-9-30)13-18-4-2-3-5-19(18)14-22/h2-5,10-12,16,28-29H,6-9,13-15H2,1H3. The van der Waals surface area contributed by atoms with E-state index in [-0.39, 0.29) is 18.1 Å². The molecule has 0 aromatic heterocycles. The highest BCUT2D eigenvalue weighted by Crippen LogP contribution is 2.38. The van der Waals surface area contributed by atoms with E-state index in [1.165, 1.54) is 17.2 Å². The number of nitrogens with one attached hydrogen (secondary N) is 2. The maximum absolute atomic E-state index is 13.8. The third-order valence-corrected chi connectivity index (χ3v) is 6.56. The van der Waals surface area contributed by atoms with E-state index in [0.29, 0.717) is 11.6 Å². The molecule has 1 saturated heterocycles. The second-order valence-electron chi connectivity index (χ2n) is 8.41. The fourth-order valence-corrected chi connectivity index (χ4v) is 4.92. The second kappa shape index (κ2) is 8.29. The molecule has 1 aliphatic heterocycles. The molecule has 7 heteroatoms. The smallest absolute Gasteiger partial charge is 0.314 e. The van der Waals surface area contributed by atoms with Crippen molar-refractivity contribution in [3.8, 4) is 0 Å². The van der Waals surface area contributed by atoms with Gasteiger partial charge in [0.2, 0.25) is 0 Å². The van der Waals surface area contributed by atoms with Crippen LogP contribution >= 0.6 is 0 Å². The Kier molecular flexibility index (Phi) is 5.88. The van der Waals surface area contributed by atoms with Crippen molar-refractivity contribution in [3.05, 3.63) is 70.5 Å². The van der Waals surface area contributed by atoms with Crippen molar-refractivity contribution in [2.45, 2.75) is 44.1 Å². The van der Waals surface area contributed by atoms with Gasteiger partial charge in [-0.25, -0.2) is 4.39 Å². The van der Waals surface area contributed by atoms with Crippen molar-refractivity contribution >= 4 is 0 Å². The molecule has 0 bridgehead atoms. The molecule has 0 amide bonds. The number of hydrogen-bond donors (Lipinski definition) is 2. The van der Waals surface area contributed by atoms with Crippen molar-refractivity contribution in [3.63, 3.8) is 0 Å². The van der Waals surface area contributed by atoms with Crippen molar-refractivity contribution in [2.24, 2.45) is 0 Å². The molecule has 3 nitrogen and oxygen atoms in total. The van der Waals surface area contributed by atoms with Crippen LogP contribution in [-0.4, -0.2) is 42.7 Å². The van der Waals surface area contributed by atoms with E-state index < -0.39 is 17.6 Å². The number of nitrogens with zero attached hydrogens (tertiary/aromatic N) is 1. The molecule has 2 aromatic carbocycles. The lowest BCUT2D eigenvalue weighted by atomic mass is 9.84. The molecule has 1 heterocycles. The van der Waals surface area contributed by atoms with Crippen molar-refractivity contribution in [1.29, 1.82) is 0 Å². The van der Waals surface area contributed by atoms with E-state index in [0.717, 1.165) is 45.1 Å². The van der Waals surface area contributed by atoms with Gasteiger partial charge in [-0.3, -0.25) is 4.90 Å². The molecular weight excluding hydrogens is 394 g/mol. The normalized spacial score (nSPS) is 20.2. The highest BCUT2D eigenvalue weighted by molar-refractivity contribution is 5.38. The summed E-state index contributed by atoms with van der Waals surface area (Å²) in [5, 5.41) is 6.81. The number of benzene rings is 2. The molecule has 0 saturated carbocycles. The zero-order valence-corrected chi connectivity index (χ0v) is 17.0. The van der Waals surface area contributed by atoms with Crippen LogP contribution < -0.4 is 10.6 Å². The summed E-state index contributed by atoms with van der Waals surface area (Å²) >= 11 is 0. The van der Waals surface area contributed by atoms with Crippen molar-refractivity contribution in [1.82, 2.24) is 15.5 Å². The van der Waals surface area contributed by atoms with Gasteiger partial charge in [-0.05, 0) is 54.7 Å². The predicted molar refractivity (Wildman–Crippen MR) is 109 cm³/mol. The van der Waals surface area contributed by atoms with Crippen LogP contribution in [0.3, 0.4) is 0 Å². The van der Waals surface area contributed by atoms with Crippen LogP contribution in [-0.2, 0) is 25.6 Å². The number of rotatable bonds is 5. The zero-order chi connectivity index (χ0) is 21.4. The lowest BCUT2D eigenvalue weighted by Crippen LogP contribution is -2.64. The van der Waals surface area contributed by atoms with Crippen LogP contribution in [0.5, 0.6) is 0 Å². The summed E-state index contributed by atoms with van der Waals surface area (Å²) in [5.41, 5.74) is 1.87. The van der Waals surface area contributed by atoms with Gasteiger partial charge in [0.15, 0.2) is 0 Å². The Balaban J connectivity index is 1.55. The highest BCUT2D eigenvalue weighted by atomic mass is 19.4. The van der Waals surface area contributed by atoms with E-state index in [9.17, 15) is 17.6 Å². The minimum absolute atomic E-state index is 0.0144. The molecule has 162 valence electrons. The quantitative estimate of drug-likeness (QED) is 0.720. The maximum atomic E-state index is 13.8. The Labute approximate surface area is 174 Å². The first-order chi connectivity index (χ1) is 14.3. The van der Waals surface area contributed by atoms with Crippen LogP contribution in [0.1, 0.15) is 29.2 Å². The summed E-state index contributed by atoms with van der Waals surface area (Å²) in [6.07, 6.45) is -2.76. The van der Waals surface area contributed by atoms with Crippen LogP contribution in [0.15, 0.2) is 42.5 Å². The summed E-state index contributed by atoms with van der Waals surface area (Å²) in [4.78, 5) is 2.51. The van der Waals surface area contributed by atoms with E-state index >= 15 is 0 Å². The fourth-order valence-electron chi connectivity index (χ4n) is 4.92. The summed E-state index contributed by atoms with van der Waals surface area (Å²) in [6.45, 7) is 5.98. The Hall–Kier alpha value is -1.96. The monoisotopic (exact) mass is 421 g/mol. The minimum atomic E-state index is -4.56. The van der Waals surface area contributed by atoms with E-state index in [4.69, 9.17) is 0 Å². The van der Waals surface area contributed by atoms with Gasteiger partial charge in [0.05, 0.1) is 5.56 Å².